The maximum atomic E-state index is 11.8. The van der Waals surface area contributed by atoms with Crippen molar-refractivity contribution < 1.29 is 14.7 Å². The molecule has 1 aliphatic carbocycles. The Labute approximate surface area is 106 Å². The van der Waals surface area contributed by atoms with Crippen LogP contribution in [0.1, 0.15) is 29.9 Å². The van der Waals surface area contributed by atoms with Crippen LogP contribution in [0.4, 0.5) is 0 Å². The first-order chi connectivity index (χ1) is 8.59. The number of benzene rings is 1. The molecule has 0 heterocycles. The Balaban J connectivity index is 1.86. The second kappa shape index (κ2) is 5.21. The van der Waals surface area contributed by atoms with Gasteiger partial charge in [-0.05, 0) is 30.4 Å². The molecule has 2 rings (SSSR count). The highest BCUT2D eigenvalue weighted by Gasteiger charge is 2.44. The summed E-state index contributed by atoms with van der Waals surface area (Å²) in [5, 5.41) is 11.2. The van der Waals surface area contributed by atoms with Crippen LogP contribution in [-0.4, -0.2) is 23.5 Å². The van der Waals surface area contributed by atoms with Crippen LogP contribution in [0.5, 0.6) is 0 Å². The molecule has 4 heteroatoms. The third-order valence-corrected chi connectivity index (χ3v) is 3.35. The van der Waals surface area contributed by atoms with Crippen LogP contribution in [0.2, 0.25) is 0 Å². The van der Waals surface area contributed by atoms with Crippen LogP contribution in [0.3, 0.4) is 0 Å². The van der Waals surface area contributed by atoms with Gasteiger partial charge in [0.15, 0.2) is 0 Å². The van der Waals surface area contributed by atoms with Crippen molar-refractivity contribution in [2.24, 2.45) is 5.92 Å². The van der Waals surface area contributed by atoms with Crippen LogP contribution < -0.4 is 5.32 Å². The number of carboxylic acid groups (broad SMARTS) is 1. The molecule has 0 radical (unpaired) electrons. The van der Waals surface area contributed by atoms with E-state index in [0.29, 0.717) is 5.92 Å². The average Bonchev–Trinajstić information content (AvgIpc) is 3.09. The first kappa shape index (κ1) is 12.6. The van der Waals surface area contributed by atoms with Crippen molar-refractivity contribution in [3.05, 3.63) is 35.4 Å². The fourth-order valence-corrected chi connectivity index (χ4v) is 2.26. The molecule has 0 spiro atoms. The molecule has 4 nitrogen and oxygen atoms in total. The molecule has 18 heavy (non-hydrogen) atoms. The SMILES string of the molecule is Cc1ccccc1[C@H]1C[C@@H]1C(=O)NCCC(=O)O. The van der Waals surface area contributed by atoms with Gasteiger partial charge in [0, 0.05) is 12.5 Å². The molecule has 1 aliphatic rings. The van der Waals surface area contributed by atoms with Gasteiger partial charge in [0.05, 0.1) is 6.42 Å². The maximum Gasteiger partial charge on any atom is 0.305 e. The second-order valence-corrected chi connectivity index (χ2v) is 4.74. The van der Waals surface area contributed by atoms with E-state index in [1.807, 2.05) is 25.1 Å². The minimum atomic E-state index is -0.887. The van der Waals surface area contributed by atoms with Gasteiger partial charge in [0.25, 0.3) is 0 Å². The molecule has 0 unspecified atom stereocenters. The number of aryl methyl sites for hydroxylation is 1. The molecule has 2 atom stereocenters. The number of rotatable bonds is 5. The Morgan fingerprint density at radius 2 is 2.11 bits per heavy atom. The quantitative estimate of drug-likeness (QED) is 0.832. The van der Waals surface area contributed by atoms with E-state index in [4.69, 9.17) is 5.11 Å². The fourth-order valence-electron chi connectivity index (χ4n) is 2.26. The van der Waals surface area contributed by atoms with E-state index >= 15 is 0 Å². The zero-order valence-electron chi connectivity index (χ0n) is 10.3. The van der Waals surface area contributed by atoms with Crippen LogP contribution in [0.15, 0.2) is 24.3 Å². The molecule has 1 amide bonds. The average molecular weight is 247 g/mol. The normalized spacial score (nSPS) is 21.4. The standard InChI is InChI=1S/C14H17NO3/c1-9-4-2-3-5-10(9)11-8-12(11)14(18)15-7-6-13(16)17/h2-5,11-12H,6-8H2,1H3,(H,15,18)(H,16,17)/t11-,12+/m1/s1. The third kappa shape index (κ3) is 2.88. The zero-order valence-corrected chi connectivity index (χ0v) is 10.3. The maximum absolute atomic E-state index is 11.8. The summed E-state index contributed by atoms with van der Waals surface area (Å²) in [5.41, 5.74) is 2.44. The summed E-state index contributed by atoms with van der Waals surface area (Å²) in [6.45, 7) is 2.26. The lowest BCUT2D eigenvalue weighted by Crippen LogP contribution is -2.27. The highest BCUT2D eigenvalue weighted by atomic mass is 16.4. The van der Waals surface area contributed by atoms with Gasteiger partial charge in [-0.15, -0.1) is 0 Å². The molecule has 0 aliphatic heterocycles. The van der Waals surface area contributed by atoms with Crippen molar-refractivity contribution in [3.8, 4) is 0 Å². The molecular weight excluding hydrogens is 230 g/mol. The molecule has 1 fully saturated rings. The van der Waals surface area contributed by atoms with Crippen molar-refractivity contribution in [3.63, 3.8) is 0 Å². The topological polar surface area (TPSA) is 66.4 Å². The minimum Gasteiger partial charge on any atom is -0.481 e. The molecule has 1 aromatic carbocycles. The number of carbonyl (C=O) groups excluding carboxylic acids is 1. The summed E-state index contributed by atoms with van der Waals surface area (Å²) in [4.78, 5) is 22.1. The monoisotopic (exact) mass is 247 g/mol. The molecule has 96 valence electrons. The Morgan fingerprint density at radius 1 is 1.39 bits per heavy atom. The zero-order chi connectivity index (χ0) is 13.1. The Bertz CT molecular complexity index is 470. The minimum absolute atomic E-state index is 0.0138. The summed E-state index contributed by atoms with van der Waals surface area (Å²) < 4.78 is 0. The molecule has 0 bridgehead atoms. The number of aliphatic carboxylic acids is 1. The second-order valence-electron chi connectivity index (χ2n) is 4.74. The Morgan fingerprint density at radius 3 is 2.78 bits per heavy atom. The molecule has 0 saturated heterocycles. The van der Waals surface area contributed by atoms with Gasteiger partial charge in [0.1, 0.15) is 0 Å². The number of amides is 1. The number of hydrogen-bond donors (Lipinski definition) is 2. The Kier molecular flexibility index (Phi) is 3.65. The lowest BCUT2D eigenvalue weighted by atomic mass is 10.0. The van der Waals surface area contributed by atoms with Gasteiger partial charge in [-0.25, -0.2) is 0 Å². The van der Waals surface area contributed by atoms with Gasteiger partial charge < -0.3 is 10.4 Å². The van der Waals surface area contributed by atoms with Crippen LogP contribution >= 0.6 is 0 Å². The lowest BCUT2D eigenvalue weighted by Gasteiger charge is -2.05. The van der Waals surface area contributed by atoms with E-state index in [0.717, 1.165) is 6.42 Å². The van der Waals surface area contributed by atoms with E-state index in [1.54, 1.807) is 0 Å². The van der Waals surface area contributed by atoms with Gasteiger partial charge in [-0.2, -0.15) is 0 Å². The predicted octanol–water partition coefficient (Wildman–Crippen LogP) is 1.69. The largest absolute Gasteiger partial charge is 0.481 e. The summed E-state index contributed by atoms with van der Waals surface area (Å²) in [5.74, 6) is -0.595. The molecular formula is C14H17NO3. The van der Waals surface area contributed by atoms with Gasteiger partial charge in [-0.3, -0.25) is 9.59 Å². The van der Waals surface area contributed by atoms with Crippen LogP contribution in [0.25, 0.3) is 0 Å². The highest BCUT2D eigenvalue weighted by molar-refractivity contribution is 5.83. The van der Waals surface area contributed by atoms with Crippen molar-refractivity contribution in [1.82, 2.24) is 5.32 Å². The van der Waals surface area contributed by atoms with Crippen molar-refractivity contribution in [2.45, 2.75) is 25.7 Å². The number of carbonyl (C=O) groups is 2. The van der Waals surface area contributed by atoms with Crippen molar-refractivity contribution >= 4 is 11.9 Å². The summed E-state index contributed by atoms with van der Waals surface area (Å²) >= 11 is 0. The van der Waals surface area contributed by atoms with E-state index in [-0.39, 0.29) is 24.8 Å². The predicted molar refractivity (Wildman–Crippen MR) is 67.3 cm³/mol. The van der Waals surface area contributed by atoms with E-state index in [9.17, 15) is 9.59 Å². The number of hydrogen-bond acceptors (Lipinski definition) is 2. The van der Waals surface area contributed by atoms with Crippen molar-refractivity contribution in [1.29, 1.82) is 0 Å². The smallest absolute Gasteiger partial charge is 0.305 e. The van der Waals surface area contributed by atoms with E-state index in [2.05, 4.69) is 11.4 Å². The summed E-state index contributed by atoms with van der Waals surface area (Å²) in [6, 6.07) is 8.08. The van der Waals surface area contributed by atoms with Gasteiger partial charge >= 0.3 is 5.97 Å². The molecule has 1 saturated carbocycles. The number of carboxylic acids is 1. The fraction of sp³-hybridized carbons (Fsp3) is 0.429. The number of nitrogens with one attached hydrogen (secondary N) is 1. The molecule has 1 aromatic rings. The van der Waals surface area contributed by atoms with Gasteiger partial charge in [0.2, 0.25) is 5.91 Å². The van der Waals surface area contributed by atoms with Gasteiger partial charge in [-0.1, -0.05) is 24.3 Å². The van der Waals surface area contributed by atoms with Crippen LogP contribution in [-0.2, 0) is 9.59 Å². The Hall–Kier alpha value is -1.84. The first-order valence-corrected chi connectivity index (χ1v) is 6.14. The molecule has 2 N–H and O–H groups in total. The summed E-state index contributed by atoms with van der Waals surface area (Å²) in [6.07, 6.45) is 0.844. The van der Waals surface area contributed by atoms with E-state index in [1.165, 1.54) is 11.1 Å². The molecule has 0 aromatic heterocycles. The first-order valence-electron chi connectivity index (χ1n) is 6.14. The third-order valence-electron chi connectivity index (χ3n) is 3.35. The van der Waals surface area contributed by atoms with Crippen molar-refractivity contribution in [2.75, 3.05) is 6.54 Å². The summed E-state index contributed by atoms with van der Waals surface area (Å²) in [7, 11) is 0. The van der Waals surface area contributed by atoms with E-state index < -0.39 is 5.97 Å². The van der Waals surface area contributed by atoms with Crippen LogP contribution in [0, 0.1) is 12.8 Å². The lowest BCUT2D eigenvalue weighted by molar-refractivity contribution is -0.136. The highest BCUT2D eigenvalue weighted by Crippen LogP contribution is 2.48.